The molecule has 1 fully saturated rings. The molecule has 0 amide bonds. The molecule has 0 radical (unpaired) electrons. The average molecular weight is 366 g/mol. The summed E-state index contributed by atoms with van der Waals surface area (Å²) in [6, 6.07) is 3.94. The minimum Gasteiger partial charge on any atom is -0.297 e. The van der Waals surface area contributed by atoms with Crippen LogP contribution in [0.5, 0.6) is 0 Å². The summed E-state index contributed by atoms with van der Waals surface area (Å²) < 4.78 is 25.1. The summed E-state index contributed by atoms with van der Waals surface area (Å²) in [7, 11) is -3.27. The van der Waals surface area contributed by atoms with Crippen molar-refractivity contribution in [2.24, 2.45) is 0 Å². The second-order valence-corrected chi connectivity index (χ2v) is 9.44. The Morgan fingerprint density at radius 1 is 1.16 bits per heavy atom. The highest BCUT2D eigenvalue weighted by molar-refractivity contribution is 7.91. The van der Waals surface area contributed by atoms with Gasteiger partial charge in [-0.1, -0.05) is 26.2 Å². The van der Waals surface area contributed by atoms with Gasteiger partial charge in [0.05, 0.1) is 10.6 Å². The van der Waals surface area contributed by atoms with Gasteiger partial charge < -0.3 is 0 Å². The number of carbonyl (C=O) groups excluding carboxylic acids is 1. The normalized spacial score (nSPS) is 19.8. The summed E-state index contributed by atoms with van der Waals surface area (Å²) >= 11 is 0. The molecule has 0 saturated carbocycles. The first-order valence-electron chi connectivity index (χ1n) is 9.37. The molecule has 2 unspecified atom stereocenters. The van der Waals surface area contributed by atoms with E-state index in [-0.39, 0.29) is 11.5 Å². The molecule has 2 atom stereocenters. The standard InChI is InChI=1S/C20H31NO3S/c1-5-6-7-8-11-25(23,24)18-12-15(2)20(16(3)13-18)19(22)9-10-21-14-17(21)4/h12-13,17H,5-11,14H2,1-4H3. The lowest BCUT2D eigenvalue weighted by Gasteiger charge is -2.13. The molecule has 4 nitrogen and oxygen atoms in total. The van der Waals surface area contributed by atoms with Crippen molar-refractivity contribution in [1.82, 2.24) is 4.90 Å². The minimum atomic E-state index is -3.27. The summed E-state index contributed by atoms with van der Waals surface area (Å²) in [4.78, 5) is 15.2. The Morgan fingerprint density at radius 2 is 1.76 bits per heavy atom. The quantitative estimate of drug-likeness (QED) is 0.358. The molecule has 5 heteroatoms. The fourth-order valence-electron chi connectivity index (χ4n) is 3.35. The van der Waals surface area contributed by atoms with Crippen molar-refractivity contribution in [2.75, 3.05) is 18.8 Å². The van der Waals surface area contributed by atoms with Crippen molar-refractivity contribution >= 4 is 15.6 Å². The number of benzene rings is 1. The van der Waals surface area contributed by atoms with E-state index in [0.717, 1.165) is 43.5 Å². The Morgan fingerprint density at radius 3 is 2.28 bits per heavy atom. The SMILES string of the molecule is CCCCCCS(=O)(=O)c1cc(C)c(C(=O)CCN2CC2C)c(C)c1. The number of Topliss-reactive ketones (excluding diaryl/α,β-unsaturated/α-hetero) is 1. The molecule has 0 aromatic heterocycles. The van der Waals surface area contributed by atoms with Crippen molar-refractivity contribution in [2.45, 2.75) is 70.7 Å². The first-order chi connectivity index (χ1) is 11.8. The van der Waals surface area contributed by atoms with Gasteiger partial charge in [-0.25, -0.2) is 8.42 Å². The van der Waals surface area contributed by atoms with Gasteiger partial charge in [-0.2, -0.15) is 0 Å². The maximum atomic E-state index is 12.6. The van der Waals surface area contributed by atoms with Crippen molar-refractivity contribution in [3.05, 3.63) is 28.8 Å². The largest absolute Gasteiger partial charge is 0.297 e. The molecule has 0 aliphatic carbocycles. The topological polar surface area (TPSA) is 54.2 Å². The van der Waals surface area contributed by atoms with E-state index >= 15 is 0 Å². The average Bonchev–Trinajstić information content (AvgIpc) is 3.24. The van der Waals surface area contributed by atoms with Crippen molar-refractivity contribution < 1.29 is 13.2 Å². The zero-order valence-electron chi connectivity index (χ0n) is 16.0. The molecular weight excluding hydrogens is 334 g/mol. The number of carbonyl (C=O) groups is 1. The van der Waals surface area contributed by atoms with Gasteiger partial charge in [0, 0.05) is 31.1 Å². The van der Waals surface area contributed by atoms with Gasteiger partial charge in [0.1, 0.15) is 0 Å². The van der Waals surface area contributed by atoms with Crippen LogP contribution in [0.25, 0.3) is 0 Å². The lowest BCUT2D eigenvalue weighted by atomic mass is 9.97. The van der Waals surface area contributed by atoms with Crippen LogP contribution in [0, 0.1) is 13.8 Å². The molecular formula is C20H31NO3S. The van der Waals surface area contributed by atoms with E-state index in [4.69, 9.17) is 0 Å². The van der Waals surface area contributed by atoms with Crippen molar-refractivity contribution in [3.63, 3.8) is 0 Å². The number of aryl methyl sites for hydroxylation is 2. The zero-order chi connectivity index (χ0) is 18.6. The van der Waals surface area contributed by atoms with Crippen LogP contribution in [-0.2, 0) is 9.84 Å². The van der Waals surface area contributed by atoms with Crippen molar-refractivity contribution in [1.29, 1.82) is 0 Å². The predicted molar refractivity (Wildman–Crippen MR) is 102 cm³/mol. The predicted octanol–water partition coefficient (Wildman–Crippen LogP) is 3.93. The summed E-state index contributed by atoms with van der Waals surface area (Å²) in [5, 5.41) is 0. The van der Waals surface area contributed by atoms with Crippen LogP contribution in [0.1, 0.15) is 67.4 Å². The van der Waals surface area contributed by atoms with E-state index in [2.05, 4.69) is 18.7 Å². The van der Waals surface area contributed by atoms with E-state index in [9.17, 15) is 13.2 Å². The highest BCUT2D eigenvalue weighted by atomic mass is 32.2. The maximum Gasteiger partial charge on any atom is 0.178 e. The van der Waals surface area contributed by atoms with Crippen LogP contribution in [0.15, 0.2) is 17.0 Å². The lowest BCUT2D eigenvalue weighted by molar-refractivity contribution is 0.0976. The Hall–Kier alpha value is -1.20. The van der Waals surface area contributed by atoms with E-state index in [0.29, 0.717) is 29.3 Å². The highest BCUT2D eigenvalue weighted by Crippen LogP contribution is 2.24. The Bertz CT molecular complexity index is 701. The molecule has 1 aromatic carbocycles. The molecule has 2 rings (SSSR count). The Labute approximate surface area is 152 Å². The first-order valence-corrected chi connectivity index (χ1v) is 11.0. The van der Waals surface area contributed by atoms with Crippen LogP contribution in [-0.4, -0.2) is 44.0 Å². The molecule has 140 valence electrons. The van der Waals surface area contributed by atoms with Gasteiger partial charge in [0.25, 0.3) is 0 Å². The molecule has 0 spiro atoms. The summed E-state index contributed by atoms with van der Waals surface area (Å²) in [5.41, 5.74) is 2.24. The number of ketones is 1. The number of rotatable bonds is 10. The molecule has 0 bridgehead atoms. The zero-order valence-corrected chi connectivity index (χ0v) is 16.8. The number of hydrogen-bond acceptors (Lipinski definition) is 4. The second kappa shape index (κ2) is 8.45. The van der Waals surface area contributed by atoms with E-state index in [1.807, 2.05) is 13.8 Å². The van der Waals surface area contributed by atoms with Gasteiger partial charge in [-0.15, -0.1) is 0 Å². The number of unbranched alkanes of at least 4 members (excludes halogenated alkanes) is 3. The van der Waals surface area contributed by atoms with Crippen LogP contribution in [0.4, 0.5) is 0 Å². The molecule has 1 aliphatic heterocycles. The summed E-state index contributed by atoms with van der Waals surface area (Å²) in [6.07, 6.45) is 4.29. The Kier molecular flexibility index (Phi) is 6.80. The number of nitrogens with zero attached hydrogens (tertiary/aromatic N) is 1. The molecule has 25 heavy (non-hydrogen) atoms. The molecule has 0 N–H and O–H groups in total. The molecule has 1 aliphatic rings. The smallest absolute Gasteiger partial charge is 0.178 e. The first kappa shape index (κ1) is 20.1. The van der Waals surface area contributed by atoms with E-state index < -0.39 is 9.84 Å². The number of sulfone groups is 1. The maximum absolute atomic E-state index is 12.6. The third-order valence-corrected chi connectivity index (χ3v) is 6.81. The number of hydrogen-bond donors (Lipinski definition) is 0. The summed E-state index contributed by atoms with van der Waals surface area (Å²) in [5.74, 6) is 0.299. The molecule has 1 aromatic rings. The molecule has 1 heterocycles. The fourth-order valence-corrected chi connectivity index (χ4v) is 4.89. The van der Waals surface area contributed by atoms with E-state index in [1.54, 1.807) is 12.1 Å². The fraction of sp³-hybridized carbons (Fsp3) is 0.650. The second-order valence-electron chi connectivity index (χ2n) is 7.33. The molecule has 1 saturated heterocycles. The monoisotopic (exact) mass is 365 g/mol. The van der Waals surface area contributed by atoms with Gasteiger partial charge >= 0.3 is 0 Å². The van der Waals surface area contributed by atoms with Crippen LogP contribution in [0.3, 0.4) is 0 Å². The third kappa shape index (κ3) is 5.38. The van der Waals surface area contributed by atoms with Crippen molar-refractivity contribution in [3.8, 4) is 0 Å². The van der Waals surface area contributed by atoms with Gasteiger partial charge in [-0.05, 0) is 50.5 Å². The summed E-state index contributed by atoms with van der Waals surface area (Å²) in [6.45, 7) is 9.81. The Balaban J connectivity index is 2.08. The van der Waals surface area contributed by atoms with Gasteiger partial charge in [-0.3, -0.25) is 9.69 Å². The lowest BCUT2D eigenvalue weighted by Crippen LogP contribution is -2.13. The minimum absolute atomic E-state index is 0.112. The van der Waals surface area contributed by atoms with Gasteiger partial charge in [0.15, 0.2) is 15.6 Å². The van der Waals surface area contributed by atoms with Crippen LogP contribution >= 0.6 is 0 Å². The third-order valence-electron chi connectivity index (χ3n) is 5.03. The van der Waals surface area contributed by atoms with Gasteiger partial charge in [0.2, 0.25) is 0 Å². The van der Waals surface area contributed by atoms with E-state index in [1.165, 1.54) is 0 Å². The van der Waals surface area contributed by atoms with Crippen LogP contribution < -0.4 is 0 Å². The van der Waals surface area contributed by atoms with Crippen LogP contribution in [0.2, 0.25) is 0 Å². The highest BCUT2D eigenvalue weighted by Gasteiger charge is 2.29.